The van der Waals surface area contributed by atoms with Crippen LogP contribution in [0.25, 0.3) is 0 Å². The number of carbonyl (C=O) groups is 4. The maximum atomic E-state index is 13.6. The summed E-state index contributed by atoms with van der Waals surface area (Å²) in [4.78, 5) is 66.2. The molecule has 0 radical (unpaired) electrons. The number of sulfonamides is 3. The predicted molar refractivity (Wildman–Crippen MR) is 580 cm³/mol. The Hall–Kier alpha value is -7.00. The Kier molecular flexibility index (Phi) is 49.5. The van der Waals surface area contributed by atoms with Gasteiger partial charge in [0.1, 0.15) is 0 Å². The van der Waals surface area contributed by atoms with Crippen LogP contribution < -0.4 is 35.4 Å². The lowest BCUT2D eigenvalue weighted by molar-refractivity contribution is -0.127. The highest BCUT2D eigenvalue weighted by Gasteiger charge is 2.35. The molecule has 4 heterocycles. The Morgan fingerprint density at radius 3 is 0.780 bits per heavy atom. The smallest absolute Gasteiger partial charge is 0.240 e. The van der Waals surface area contributed by atoms with Crippen molar-refractivity contribution in [2.45, 2.75) is 75.9 Å². The van der Waals surface area contributed by atoms with Gasteiger partial charge >= 0.3 is 0 Å². The number of hydrogen-bond acceptors (Lipinski definition) is 28. The number of nitrogens with one attached hydrogen (secondary N) is 7. The third-order valence-corrected chi connectivity index (χ3v) is 33.7. The van der Waals surface area contributed by atoms with E-state index in [1.807, 2.05) is 76.7 Å². The van der Waals surface area contributed by atoms with Gasteiger partial charge in [0, 0.05) is 182 Å². The van der Waals surface area contributed by atoms with E-state index in [9.17, 15) is 52.8 Å². The molecule has 822 valence electrons. The highest BCUT2D eigenvalue weighted by atomic mass is 35.5. The molecule has 12 rings (SSSR count). The van der Waals surface area contributed by atoms with Gasteiger partial charge in [-0.2, -0.15) is 0 Å². The van der Waals surface area contributed by atoms with Crippen LogP contribution in [-0.2, 0) is 133 Å². The highest BCUT2D eigenvalue weighted by Crippen LogP contribution is 2.44. The van der Waals surface area contributed by atoms with Crippen LogP contribution in [0.5, 0.6) is 0 Å². The van der Waals surface area contributed by atoms with Gasteiger partial charge in [-0.25, -0.2) is 47.8 Å². The van der Waals surface area contributed by atoms with Gasteiger partial charge in [0.25, 0.3) is 0 Å². The summed E-state index contributed by atoms with van der Waals surface area (Å²) >= 11 is 52.1. The number of hydrogen-bond donors (Lipinski definition) is 7. The number of carbonyl (C=O) groups excluding carboxylic acids is 4. The number of amides is 4. The van der Waals surface area contributed by atoms with Crippen LogP contribution in [0.3, 0.4) is 0 Å². The Balaban J connectivity index is 0.565. The van der Waals surface area contributed by atoms with Crippen molar-refractivity contribution < 1.29 is 100 Å². The molecule has 0 aromatic heterocycles. The molecule has 150 heavy (non-hydrogen) atoms. The molecule has 35 nitrogen and oxygen atoms in total. The van der Waals surface area contributed by atoms with E-state index < -0.39 is 63.5 Å². The van der Waals surface area contributed by atoms with Crippen molar-refractivity contribution in [1.82, 2.24) is 64.8 Å². The molecule has 0 saturated heterocycles. The number of ether oxygens (including phenoxy) is 10. The lowest BCUT2D eigenvalue weighted by Gasteiger charge is -2.33. The van der Waals surface area contributed by atoms with Crippen LogP contribution in [0.15, 0.2) is 165 Å². The molecule has 4 aliphatic heterocycles. The average Bonchev–Trinajstić information content (AvgIpc) is 0.781. The zero-order chi connectivity index (χ0) is 107. The van der Waals surface area contributed by atoms with Crippen molar-refractivity contribution in [2.24, 2.45) is 0 Å². The number of sulfone groups is 1. The molecule has 4 aliphatic rings. The summed E-state index contributed by atoms with van der Waals surface area (Å²) in [6, 6.07) is 41.8. The number of benzene rings is 8. The quantitative estimate of drug-likeness (QED) is 0.0174. The van der Waals surface area contributed by atoms with Crippen molar-refractivity contribution >= 4 is 156 Å². The van der Waals surface area contributed by atoms with Crippen molar-refractivity contribution in [1.29, 1.82) is 0 Å². The molecule has 0 bridgehead atoms. The molecular weight excluding hydrogens is 2180 g/mol. The first kappa shape index (κ1) is 122. The van der Waals surface area contributed by atoms with Gasteiger partial charge in [0.05, 0.1) is 177 Å². The van der Waals surface area contributed by atoms with Crippen LogP contribution >= 0.6 is 92.8 Å². The molecule has 4 amide bonds. The second kappa shape index (κ2) is 61.1. The van der Waals surface area contributed by atoms with Crippen LogP contribution in [0.2, 0.25) is 40.2 Å². The second-order valence-corrected chi connectivity index (χ2v) is 47.7. The fraction of sp³-hybridized carbons (Fsp3) is 0.495. The zero-order valence-electron chi connectivity index (χ0n) is 84.4. The van der Waals surface area contributed by atoms with Crippen LogP contribution in [-0.4, -0.2) is 364 Å². The summed E-state index contributed by atoms with van der Waals surface area (Å²) < 4.78 is 174. The summed E-state index contributed by atoms with van der Waals surface area (Å²) in [6.45, 7) is 7.22. The molecule has 47 heteroatoms. The van der Waals surface area contributed by atoms with E-state index in [1.54, 1.807) is 88.7 Å². The molecule has 8 aromatic carbocycles. The topological polar surface area (TPSA) is 401 Å². The van der Waals surface area contributed by atoms with Crippen molar-refractivity contribution in [3.05, 3.63) is 253 Å². The maximum absolute atomic E-state index is 13.6. The molecule has 0 spiro atoms. The third-order valence-electron chi connectivity index (χ3n) is 25.3. The number of fused-ring (bicyclic) bond motifs is 4. The molecule has 8 aromatic rings. The lowest BCUT2D eigenvalue weighted by atomic mass is 9.85. The van der Waals surface area contributed by atoms with E-state index in [0.717, 1.165) is 66.8 Å². The Morgan fingerprint density at radius 2 is 0.520 bits per heavy atom. The molecule has 0 unspecified atom stereocenters. The number of likely N-dealkylation sites (N-methyl/N-ethyl adjacent to an activating group) is 4. The number of nitrogens with zero attached hydrogens (tertiary/aromatic N) is 6. The Labute approximate surface area is 919 Å². The normalized spacial score (nSPS) is 16.3. The van der Waals surface area contributed by atoms with Gasteiger partial charge in [0.15, 0.2) is 9.84 Å². The predicted octanol–water partition coefficient (Wildman–Crippen LogP) is 10.6. The summed E-state index contributed by atoms with van der Waals surface area (Å²) in [6.07, 6.45) is 0.240. The maximum Gasteiger partial charge on any atom is 0.240 e. The molecular formula is C103H133Cl8N13O22S4. The monoisotopic (exact) mass is 2310 g/mol. The minimum Gasteiger partial charge on any atom is -0.379 e. The first-order valence-electron chi connectivity index (χ1n) is 49.5. The third kappa shape index (κ3) is 38.5. The SMILES string of the molecule is CN1Cc2c(Cl)cc(Cl)cc2[C@H](c2cccc(S(=O)(=O)CCCOCCOCCNC(=O)CN(CCOCCOCCN(CC(=O)NCCOCCOCCNS(=O)(=O)c3cccc([C@@H]4CN(C)Cc5c(Cl)cc(Cl)cc54)c3)CC(=O)NCCOCCOCCNS(=O)(=O)c3cccc([C@@H]4CN(C)Cc5c(Cl)cc(Cl)cc54)c3)CC(=O)NCCOCCOCCNS(=O)(=O)c3cccc([C@@H]4CN(C)Cc5c(Cl)cc(Cl)cc54)c3)c2)C1. The molecule has 7 N–H and O–H groups in total. The average molecular weight is 2320 g/mol. The Morgan fingerprint density at radius 1 is 0.293 bits per heavy atom. The molecule has 0 fully saturated rings. The first-order chi connectivity index (χ1) is 72.0. The van der Waals surface area contributed by atoms with Gasteiger partial charge in [-0.3, -0.25) is 29.0 Å². The fourth-order valence-electron chi connectivity index (χ4n) is 18.1. The van der Waals surface area contributed by atoms with Gasteiger partial charge in [-0.1, -0.05) is 141 Å². The fourth-order valence-corrected chi connectivity index (χ4v) is 24.9. The van der Waals surface area contributed by atoms with Gasteiger partial charge in [-0.05, 0) is 198 Å². The summed E-state index contributed by atoms with van der Waals surface area (Å²) in [7, 11) is -7.50. The molecule has 4 atom stereocenters. The van der Waals surface area contributed by atoms with Crippen LogP contribution in [0, 0.1) is 0 Å². The first-order valence-corrected chi connectivity index (χ1v) is 58.6. The van der Waals surface area contributed by atoms with E-state index in [4.69, 9.17) is 140 Å². The minimum absolute atomic E-state index is 0.00841. The van der Waals surface area contributed by atoms with Crippen LogP contribution in [0.4, 0.5) is 0 Å². The standard InChI is InChI=1S/C103H133Cl8N13O22S4/c1-119-60-88(84-52-76(104)56-96(108)92(84)64-119)72-10-5-14-80(48-72)147(129,130)47-9-27-137-37-38-138-28-18-112-100(125)68-123(69-101(126)113-19-29-139-39-42-142-32-22-116-148(131,132)81-15-6-11-73(49-81)89-61-120(2)65-93-85(89)53-77(105)57-97(93)109)25-35-145-45-46-146-36-26-124(70-102(127)114-20-30-140-40-43-143-33-23-117-149(133,134)82-16-7-12-74(50-82)90-62-121(3)66-94-86(90)54-78(106)58-98(94)110)71-103(128)115-21-31-141-41-44-144-34-24-118-150(135,136)83-17-8-13-75(51-83)91-63-122(4)67-95-87(91)55-79(107)59-99(95)111/h5-8,10-17,48-59,88-91,116-118H,9,18-47,60-71H2,1-4H3,(H,112,125)(H,113,126)(H,114,127)(H,115,128)/t88-,89-,90-,91-/m0/s1. The van der Waals surface area contributed by atoms with Crippen LogP contribution in [0.1, 0.15) is 96.9 Å². The largest absolute Gasteiger partial charge is 0.379 e. The van der Waals surface area contributed by atoms with Gasteiger partial charge < -0.3 is 88.2 Å². The number of halogens is 8. The number of rotatable bonds is 65. The second-order valence-electron chi connectivity index (χ2n) is 36.9. The van der Waals surface area contributed by atoms with E-state index in [1.165, 1.54) is 18.2 Å². The van der Waals surface area contributed by atoms with Crippen molar-refractivity contribution in [2.75, 3.05) is 277 Å². The zero-order valence-corrected chi connectivity index (χ0v) is 93.7. The van der Waals surface area contributed by atoms with Crippen molar-refractivity contribution in [3.8, 4) is 0 Å². The van der Waals surface area contributed by atoms with Gasteiger partial charge in [0.2, 0.25) is 53.7 Å². The van der Waals surface area contributed by atoms with E-state index in [2.05, 4.69) is 55.0 Å². The molecule has 0 saturated carbocycles. The minimum atomic E-state index is -3.92. The summed E-state index contributed by atoms with van der Waals surface area (Å²) in [5.41, 5.74) is 10.9. The van der Waals surface area contributed by atoms with E-state index in [0.29, 0.717) is 92.5 Å². The highest BCUT2D eigenvalue weighted by molar-refractivity contribution is 7.91. The Bertz CT molecular complexity index is 5570. The van der Waals surface area contributed by atoms with Gasteiger partial charge in [-0.15, -0.1) is 0 Å². The van der Waals surface area contributed by atoms with E-state index >= 15 is 0 Å². The van der Waals surface area contributed by atoms with Crippen molar-refractivity contribution in [3.63, 3.8) is 0 Å². The molecule has 0 aliphatic carbocycles. The van der Waals surface area contributed by atoms with E-state index in [-0.39, 0.29) is 273 Å². The lowest BCUT2D eigenvalue weighted by Crippen LogP contribution is -2.45. The summed E-state index contributed by atoms with van der Waals surface area (Å²) in [5.74, 6) is -2.40. The summed E-state index contributed by atoms with van der Waals surface area (Å²) in [5, 5.41) is 15.5.